The maximum absolute atomic E-state index is 14.6. The molecule has 3 fully saturated rings. The van der Waals surface area contributed by atoms with Crippen molar-refractivity contribution in [2.24, 2.45) is 23.3 Å². The van der Waals surface area contributed by atoms with E-state index < -0.39 is 158 Å². The van der Waals surface area contributed by atoms with Gasteiger partial charge in [0.25, 0.3) is 11.9 Å². The molecule has 4 rings (SSSR count). The smallest absolute Gasteiger partial charge is 0.300 e. The molecule has 0 spiro atoms. The normalized spacial score (nSPS) is 26.5. The second kappa shape index (κ2) is 38.1. The molecular weight excluding hydrogens is 1120 g/mol. The molecule has 20 N–H and O–H groups in total. The monoisotopic (exact) mass is 1210 g/mol. The first-order valence-corrected chi connectivity index (χ1v) is 29.2. The highest BCUT2D eigenvalue weighted by Gasteiger charge is 2.49. The van der Waals surface area contributed by atoms with Crippen molar-refractivity contribution >= 4 is 53.3 Å². The minimum absolute atomic E-state index is 0.0257. The van der Waals surface area contributed by atoms with Crippen LogP contribution in [-0.2, 0) is 43.2 Å². The lowest BCUT2D eigenvalue weighted by molar-refractivity contribution is -0.148. The third-order valence-corrected chi connectivity index (χ3v) is 14.9. The highest BCUT2D eigenvalue weighted by Crippen LogP contribution is 2.27. The summed E-state index contributed by atoms with van der Waals surface area (Å²) in [6.45, 7) is 8.90. The first-order chi connectivity index (χ1) is 40.0. The molecule has 3 aliphatic heterocycles. The van der Waals surface area contributed by atoms with E-state index in [2.05, 4.69) is 52.7 Å². The Morgan fingerprint density at radius 3 is 1.82 bits per heavy atom. The number of nitrogens with two attached hydrogens (primary N) is 2. The largest absolute Gasteiger partial charge is 0.508 e. The fraction of sp³-hybridized carbons (Fsp3) is 0.732. The first-order valence-electron chi connectivity index (χ1n) is 29.2. The zero-order valence-corrected chi connectivity index (χ0v) is 49.7. The molecule has 0 aliphatic carbocycles. The van der Waals surface area contributed by atoms with Gasteiger partial charge in [-0.25, -0.2) is 0 Å². The molecule has 3 saturated heterocycles. The number of carbonyl (C=O) groups excluding carboxylic acids is 7. The number of phenols is 1. The van der Waals surface area contributed by atoms with Crippen LogP contribution in [0.5, 0.6) is 5.75 Å². The summed E-state index contributed by atoms with van der Waals surface area (Å²) < 4.78 is 0. The minimum atomic E-state index is -2.28. The molecule has 3 aliphatic rings. The van der Waals surface area contributed by atoms with E-state index in [1.807, 2.05) is 0 Å². The number of benzene rings is 1. The zero-order chi connectivity index (χ0) is 64.2. The van der Waals surface area contributed by atoms with Gasteiger partial charge in [0.05, 0.1) is 30.5 Å². The number of nitrogens with one attached hydrogen (secondary N) is 6. The summed E-state index contributed by atoms with van der Waals surface area (Å²) in [5.41, 5.74) is 11.5. The van der Waals surface area contributed by atoms with Crippen molar-refractivity contribution in [3.05, 3.63) is 29.8 Å². The van der Waals surface area contributed by atoms with Crippen molar-refractivity contribution in [1.82, 2.24) is 41.7 Å². The molecule has 7 amide bonds. The number of aliphatic hydroxyl groups excluding tert-OH is 7. The minimum Gasteiger partial charge on any atom is -0.508 e. The van der Waals surface area contributed by atoms with E-state index >= 15 is 0 Å². The molecule has 1 aromatic carbocycles. The molecule has 0 unspecified atom stereocenters. The van der Waals surface area contributed by atoms with Gasteiger partial charge in [0.15, 0.2) is 0 Å². The lowest BCUT2D eigenvalue weighted by atomic mass is 9.91. The Morgan fingerprint density at radius 2 is 1.25 bits per heavy atom. The molecule has 0 radical (unpaired) electrons. The molecule has 0 aromatic heterocycles. The summed E-state index contributed by atoms with van der Waals surface area (Å²) in [5.74, 6) is -8.10. The van der Waals surface area contributed by atoms with Crippen LogP contribution in [0.1, 0.15) is 143 Å². The Hall–Kier alpha value is -6.15. The van der Waals surface area contributed by atoms with Crippen LogP contribution in [0.15, 0.2) is 24.3 Å². The predicted octanol–water partition coefficient (Wildman–Crippen LogP) is -3.13. The van der Waals surface area contributed by atoms with Crippen LogP contribution in [0.2, 0.25) is 0 Å². The van der Waals surface area contributed by atoms with Crippen molar-refractivity contribution in [3.63, 3.8) is 0 Å². The van der Waals surface area contributed by atoms with Gasteiger partial charge >= 0.3 is 0 Å². The standard InChI is InChI=1S/C52H88N10O15.2C2H4O2/c1-5-28(2)24-29(3)12-10-8-6-7-9-11-13-39(69)56-34-26-38(68)46(55-22-21-54)60-50(75)43-37(67)19-23-61(43)52(77)41(36(66)18-20-53)58-49(74)42(45(71)44(70)31-14-16-32(64)17-15-31)59-48(73)35-25-33(65)27-62(35)51(76)40(30(4)63)57-47(34)72;2*1-2(3)4/h14-17,28-30,33-38,40-46,55,63-68,70-71H,5-13,18-27,53-54H2,1-4H3,(H,56,69)(H,57,72)(H,58,74)(H,59,73)(H,60,75);2*1H3,(H,3,4)/t28-,29+,30+,33+,34-,35-,36+,37-,38+,40-,41-,42-,43-,44-,45-,46-;;/m0../s1. The summed E-state index contributed by atoms with van der Waals surface area (Å²) >= 11 is 0. The number of carboxylic acid groups (broad SMARTS) is 2. The SMILES string of the molecule is CC(=O)O.CC(=O)O.CC[C@H](C)C[C@H](C)CCCCCCCCC(=O)N[C@H]1C[C@@H](O)[C@@H](NCCN)NC(=O)[C@@H]2[C@@H](O)CCN2C(=O)[C@H]([C@H](O)CCN)NC(=O)[C@H]([C@H](O)[C@@H](O)c2ccc(O)cc2)NC(=O)[C@@H]2C[C@@H](O)CN2C(=O)[C@H]([C@@H](C)O)NC1=O. The second-order valence-corrected chi connectivity index (χ2v) is 22.3. The average Bonchev–Trinajstić information content (AvgIpc) is 2.52. The lowest BCUT2D eigenvalue weighted by Gasteiger charge is -2.35. The van der Waals surface area contributed by atoms with Crippen LogP contribution < -0.4 is 43.4 Å². The summed E-state index contributed by atoms with van der Waals surface area (Å²) in [4.78, 5) is 120. The highest BCUT2D eigenvalue weighted by atomic mass is 16.4. The summed E-state index contributed by atoms with van der Waals surface area (Å²) in [7, 11) is 0. The first kappa shape index (κ1) is 74.9. The van der Waals surface area contributed by atoms with Gasteiger partial charge in [-0.05, 0) is 68.7 Å². The highest BCUT2D eigenvalue weighted by molar-refractivity contribution is 5.98. The number of carbonyl (C=O) groups is 9. The predicted molar refractivity (Wildman–Crippen MR) is 307 cm³/mol. The Balaban J connectivity index is 0.00000289. The molecule has 1 aromatic rings. The van der Waals surface area contributed by atoms with Gasteiger partial charge in [-0.15, -0.1) is 0 Å². The fourth-order valence-corrected chi connectivity index (χ4v) is 10.2. The molecule has 85 heavy (non-hydrogen) atoms. The molecule has 0 bridgehead atoms. The van der Waals surface area contributed by atoms with Crippen molar-refractivity contribution in [3.8, 4) is 5.75 Å². The summed E-state index contributed by atoms with van der Waals surface area (Å²) in [6.07, 6.45) is -6.95. The number of nitrogens with zero attached hydrogens (tertiary/aromatic N) is 2. The van der Waals surface area contributed by atoms with Crippen LogP contribution in [0, 0.1) is 11.8 Å². The van der Waals surface area contributed by atoms with Crippen molar-refractivity contribution in [2.75, 3.05) is 32.7 Å². The van der Waals surface area contributed by atoms with Gasteiger partial charge in [0.1, 0.15) is 60.4 Å². The Kier molecular flexibility index (Phi) is 33.6. The molecule has 0 saturated carbocycles. The number of phenolic OH excluding ortho intramolecular Hbond substituents is 1. The maximum Gasteiger partial charge on any atom is 0.300 e. The second-order valence-electron chi connectivity index (χ2n) is 22.3. The number of fused-ring (bicyclic) bond motifs is 2. The van der Waals surface area contributed by atoms with Gasteiger partial charge in [-0.3, -0.25) is 48.5 Å². The number of aliphatic hydroxyl groups is 7. The van der Waals surface area contributed by atoms with E-state index in [1.54, 1.807) is 0 Å². The van der Waals surface area contributed by atoms with E-state index in [-0.39, 0.29) is 56.8 Å². The zero-order valence-electron chi connectivity index (χ0n) is 49.7. The third-order valence-electron chi connectivity index (χ3n) is 14.9. The molecule has 29 nitrogen and oxygen atoms in total. The van der Waals surface area contributed by atoms with E-state index in [4.69, 9.17) is 31.3 Å². The van der Waals surface area contributed by atoms with E-state index in [0.29, 0.717) is 24.7 Å². The molecule has 16 atom stereocenters. The third kappa shape index (κ3) is 25.4. The van der Waals surface area contributed by atoms with E-state index in [1.165, 1.54) is 30.7 Å². The number of carboxylic acids is 2. The number of hydrogen-bond donors (Lipinski definition) is 18. The van der Waals surface area contributed by atoms with Crippen LogP contribution in [-0.4, -0.2) is 226 Å². The average molecular weight is 1210 g/mol. The molecule has 29 heteroatoms. The number of unbranched alkanes of at least 4 members (excludes halogenated alkanes) is 5. The number of hydrogen-bond acceptors (Lipinski definition) is 20. The molecule has 484 valence electrons. The van der Waals surface area contributed by atoms with E-state index in [0.717, 1.165) is 69.1 Å². The van der Waals surface area contributed by atoms with Crippen molar-refractivity contribution < 1.29 is 94.2 Å². The number of rotatable bonds is 23. The van der Waals surface area contributed by atoms with Crippen LogP contribution in [0.25, 0.3) is 0 Å². The number of aromatic hydroxyl groups is 1. The fourth-order valence-electron chi connectivity index (χ4n) is 10.2. The number of aliphatic carboxylic acids is 2. The number of amides is 7. The van der Waals surface area contributed by atoms with Crippen LogP contribution in [0.3, 0.4) is 0 Å². The maximum atomic E-state index is 14.6. The van der Waals surface area contributed by atoms with Gasteiger partial charge in [0.2, 0.25) is 41.4 Å². The Morgan fingerprint density at radius 1 is 0.682 bits per heavy atom. The Bertz CT molecular complexity index is 2270. The van der Waals surface area contributed by atoms with Crippen molar-refractivity contribution in [1.29, 1.82) is 0 Å². The Labute approximate surface area is 496 Å². The van der Waals surface area contributed by atoms with Gasteiger partial charge in [-0.1, -0.05) is 77.8 Å². The van der Waals surface area contributed by atoms with Gasteiger partial charge < -0.3 is 98.9 Å². The quantitative estimate of drug-likeness (QED) is 0.0482. The molecule has 3 heterocycles. The molecular formula is C56H96N10O19. The van der Waals surface area contributed by atoms with Gasteiger partial charge in [0, 0.05) is 59.3 Å². The van der Waals surface area contributed by atoms with Gasteiger partial charge in [-0.2, -0.15) is 0 Å². The summed E-state index contributed by atoms with van der Waals surface area (Å²) in [6, 6.07) is -6.40. The summed E-state index contributed by atoms with van der Waals surface area (Å²) in [5, 5.41) is 119. The van der Waals surface area contributed by atoms with Crippen LogP contribution >= 0.6 is 0 Å². The van der Waals surface area contributed by atoms with Crippen LogP contribution in [0.4, 0.5) is 0 Å². The lowest BCUT2D eigenvalue weighted by Crippen LogP contribution is -2.65. The topological polar surface area (TPSA) is 487 Å². The van der Waals surface area contributed by atoms with E-state index in [9.17, 15) is 74.4 Å². The van der Waals surface area contributed by atoms with Crippen molar-refractivity contribution in [2.45, 2.75) is 217 Å².